The number of rotatable bonds is 6. The smallest absolute Gasteiger partial charge is 0.265 e. The molecule has 0 fully saturated rings. The van der Waals surface area contributed by atoms with E-state index in [0.717, 1.165) is 41.6 Å². The van der Waals surface area contributed by atoms with Crippen molar-refractivity contribution < 1.29 is 4.74 Å². The van der Waals surface area contributed by atoms with Crippen molar-refractivity contribution >= 4 is 39.4 Å². The molecular weight excluding hydrogens is 464 g/mol. The van der Waals surface area contributed by atoms with E-state index in [0.29, 0.717) is 34.6 Å². The van der Waals surface area contributed by atoms with Crippen molar-refractivity contribution in [3.05, 3.63) is 81.9 Å². The van der Waals surface area contributed by atoms with E-state index in [1.165, 1.54) is 18.4 Å². The van der Waals surface area contributed by atoms with Gasteiger partial charge in [0.1, 0.15) is 22.5 Å². The minimum absolute atomic E-state index is 0.108. The molecule has 3 aromatic heterocycles. The average molecular weight is 493 g/mol. The Morgan fingerprint density at radius 3 is 2.65 bits per heavy atom. The minimum Gasteiger partial charge on any atom is -0.497 e. The van der Waals surface area contributed by atoms with Crippen molar-refractivity contribution in [2.75, 3.05) is 7.11 Å². The van der Waals surface area contributed by atoms with E-state index in [1.54, 1.807) is 22.6 Å². The predicted molar refractivity (Wildman–Crippen MR) is 146 cm³/mol. The Morgan fingerprint density at radius 2 is 1.86 bits per heavy atom. The zero-order valence-electron chi connectivity index (χ0n) is 21.0. The van der Waals surface area contributed by atoms with Crippen LogP contribution in [-0.2, 0) is 6.54 Å². The zero-order valence-corrected chi connectivity index (χ0v) is 21.0. The molecule has 0 bridgehead atoms. The Bertz CT molecular complexity index is 1760. The number of ether oxygens (including phenoxy) is 1. The molecule has 0 unspecified atom stereocenters. The van der Waals surface area contributed by atoms with E-state index in [2.05, 4.69) is 6.08 Å². The second-order valence-electron chi connectivity index (χ2n) is 9.39. The van der Waals surface area contributed by atoms with E-state index < -0.39 is 0 Å². The summed E-state index contributed by atoms with van der Waals surface area (Å²) in [5.74, 6) is 1.39. The first-order valence-corrected chi connectivity index (χ1v) is 12.7. The van der Waals surface area contributed by atoms with Crippen LogP contribution >= 0.6 is 0 Å². The summed E-state index contributed by atoms with van der Waals surface area (Å²) in [5, 5.41) is 5.16. The Kier molecular flexibility index (Phi) is 6.00. The summed E-state index contributed by atoms with van der Waals surface area (Å²) in [4.78, 5) is 28.5. The molecule has 8 heteroatoms. The molecule has 0 N–H and O–H groups in total. The molecule has 37 heavy (non-hydrogen) atoms. The molecule has 0 atom stereocenters. The SMILES string of the molecule is COc1cccc(/C=N\n2c3nc4ccccc4nc3c3c(=O)n(CCC4=CCCCC4)c(C)nc32)c1. The normalized spacial score (nSPS) is 14.2. The number of hydrogen-bond acceptors (Lipinski definition) is 6. The van der Waals surface area contributed by atoms with Gasteiger partial charge in [0, 0.05) is 6.54 Å². The van der Waals surface area contributed by atoms with Crippen molar-refractivity contribution in [3.8, 4) is 5.75 Å². The molecule has 1 aliphatic rings. The van der Waals surface area contributed by atoms with E-state index in [-0.39, 0.29) is 5.56 Å². The number of hydrogen-bond donors (Lipinski definition) is 0. The molecule has 0 spiro atoms. The zero-order chi connectivity index (χ0) is 25.4. The standard InChI is InChI=1S/C29H28N6O2/c1-19-31-27-25(29(36)34(19)16-15-20-9-4-3-5-10-20)26-28(33-24-14-7-6-13-23(24)32-26)35(27)30-18-21-11-8-12-22(17-21)37-2/h6-9,11-14,17-18H,3-5,10,15-16H2,1-2H3/b30-18-. The molecule has 0 saturated heterocycles. The van der Waals surface area contributed by atoms with Gasteiger partial charge in [-0.15, -0.1) is 0 Å². The Morgan fingerprint density at radius 1 is 1.03 bits per heavy atom. The second kappa shape index (κ2) is 9.61. The van der Waals surface area contributed by atoms with Crippen LogP contribution in [0.3, 0.4) is 0 Å². The van der Waals surface area contributed by atoms with Crippen LogP contribution in [0.4, 0.5) is 0 Å². The highest BCUT2D eigenvalue weighted by molar-refractivity contribution is 6.05. The van der Waals surface area contributed by atoms with Gasteiger partial charge in [0.2, 0.25) is 0 Å². The van der Waals surface area contributed by atoms with Crippen LogP contribution in [0.5, 0.6) is 5.75 Å². The lowest BCUT2D eigenvalue weighted by atomic mass is 9.97. The molecule has 5 aromatic rings. The summed E-state index contributed by atoms with van der Waals surface area (Å²) in [6.45, 7) is 2.47. The van der Waals surface area contributed by atoms with Gasteiger partial charge in [-0.05, 0) is 68.9 Å². The van der Waals surface area contributed by atoms with E-state index in [4.69, 9.17) is 24.8 Å². The van der Waals surface area contributed by atoms with Crippen LogP contribution in [0.2, 0.25) is 0 Å². The Labute approximate surface area is 214 Å². The van der Waals surface area contributed by atoms with Gasteiger partial charge in [-0.1, -0.05) is 35.9 Å². The lowest BCUT2D eigenvalue weighted by molar-refractivity contribution is 0.415. The lowest BCUT2D eigenvalue weighted by Gasteiger charge is -2.14. The monoisotopic (exact) mass is 492 g/mol. The summed E-state index contributed by atoms with van der Waals surface area (Å²) in [6, 6.07) is 15.3. The Hall–Kier alpha value is -4.33. The van der Waals surface area contributed by atoms with E-state index >= 15 is 0 Å². The number of aromatic nitrogens is 5. The molecular formula is C29H28N6O2. The highest BCUT2D eigenvalue weighted by Crippen LogP contribution is 2.26. The van der Waals surface area contributed by atoms with E-state index in [9.17, 15) is 4.79 Å². The van der Waals surface area contributed by atoms with Gasteiger partial charge in [-0.2, -0.15) is 9.78 Å². The summed E-state index contributed by atoms with van der Waals surface area (Å²) < 4.78 is 8.74. The molecule has 0 radical (unpaired) electrons. The van der Waals surface area contributed by atoms with Crippen LogP contribution < -0.4 is 10.3 Å². The number of fused-ring (bicyclic) bond motifs is 4. The maximum Gasteiger partial charge on any atom is 0.265 e. The van der Waals surface area contributed by atoms with Gasteiger partial charge in [0.05, 0.1) is 24.4 Å². The lowest BCUT2D eigenvalue weighted by Crippen LogP contribution is -2.24. The molecule has 6 rings (SSSR count). The van der Waals surface area contributed by atoms with Crippen LogP contribution in [-0.4, -0.2) is 37.5 Å². The molecule has 1 aliphatic carbocycles. The largest absolute Gasteiger partial charge is 0.497 e. The van der Waals surface area contributed by atoms with Crippen LogP contribution in [0.1, 0.15) is 43.5 Å². The number of benzene rings is 2. The van der Waals surface area contributed by atoms with Crippen molar-refractivity contribution in [1.82, 2.24) is 24.2 Å². The third kappa shape index (κ3) is 4.28. The van der Waals surface area contributed by atoms with Crippen molar-refractivity contribution in [2.45, 2.75) is 45.6 Å². The molecule has 2 aromatic carbocycles. The Balaban J connectivity index is 1.54. The molecule has 0 saturated carbocycles. The highest BCUT2D eigenvalue weighted by Gasteiger charge is 2.21. The quantitative estimate of drug-likeness (QED) is 0.234. The van der Waals surface area contributed by atoms with Gasteiger partial charge in [0.25, 0.3) is 5.56 Å². The third-order valence-electron chi connectivity index (χ3n) is 6.99. The molecule has 3 heterocycles. The second-order valence-corrected chi connectivity index (χ2v) is 9.39. The maximum atomic E-state index is 13.9. The fourth-order valence-corrected chi connectivity index (χ4v) is 5.02. The number of methoxy groups -OCH3 is 1. The number of nitrogens with zero attached hydrogens (tertiary/aromatic N) is 6. The van der Waals surface area contributed by atoms with Crippen molar-refractivity contribution in [3.63, 3.8) is 0 Å². The minimum atomic E-state index is -0.108. The first-order valence-electron chi connectivity index (χ1n) is 12.7. The fraction of sp³-hybridized carbons (Fsp3) is 0.276. The number of allylic oxidation sites excluding steroid dienone is 2. The first kappa shape index (κ1) is 23.1. The van der Waals surface area contributed by atoms with Crippen LogP contribution in [0.25, 0.3) is 33.2 Å². The highest BCUT2D eigenvalue weighted by atomic mass is 16.5. The first-order chi connectivity index (χ1) is 18.1. The maximum absolute atomic E-state index is 13.9. The van der Waals surface area contributed by atoms with Gasteiger partial charge in [-0.25, -0.2) is 15.0 Å². The van der Waals surface area contributed by atoms with E-state index in [1.807, 2.05) is 55.5 Å². The predicted octanol–water partition coefficient (Wildman–Crippen LogP) is 5.38. The van der Waals surface area contributed by atoms with Gasteiger partial charge >= 0.3 is 0 Å². The topological polar surface area (TPSA) is 87.2 Å². The van der Waals surface area contributed by atoms with Crippen molar-refractivity contribution in [1.29, 1.82) is 0 Å². The average Bonchev–Trinajstić information content (AvgIpc) is 3.23. The molecule has 8 nitrogen and oxygen atoms in total. The number of aryl methyl sites for hydroxylation is 1. The molecule has 0 amide bonds. The summed E-state index contributed by atoms with van der Waals surface area (Å²) >= 11 is 0. The van der Waals surface area contributed by atoms with Crippen molar-refractivity contribution in [2.24, 2.45) is 5.10 Å². The molecule has 0 aliphatic heterocycles. The van der Waals surface area contributed by atoms with Crippen LogP contribution in [0, 0.1) is 6.92 Å². The number of para-hydroxylation sites is 2. The van der Waals surface area contributed by atoms with Gasteiger partial charge < -0.3 is 4.74 Å². The summed E-state index contributed by atoms with van der Waals surface area (Å²) in [6.07, 6.45) is 9.61. The van der Waals surface area contributed by atoms with Gasteiger partial charge in [-0.3, -0.25) is 9.36 Å². The van der Waals surface area contributed by atoms with Gasteiger partial charge in [0.15, 0.2) is 11.3 Å². The van der Waals surface area contributed by atoms with Crippen LogP contribution in [0.15, 0.2) is 70.1 Å². The summed E-state index contributed by atoms with van der Waals surface area (Å²) in [7, 11) is 1.63. The fourth-order valence-electron chi connectivity index (χ4n) is 5.02. The third-order valence-corrected chi connectivity index (χ3v) is 6.99. The molecule has 186 valence electrons. The summed E-state index contributed by atoms with van der Waals surface area (Å²) in [5.41, 5.74) is 5.11.